The molecule has 0 saturated carbocycles. The Hall–Kier alpha value is -3.88. The Labute approximate surface area is 204 Å². The second-order valence-corrected chi connectivity index (χ2v) is 9.29. The largest absolute Gasteiger partial charge is 0.481 e. The van der Waals surface area contributed by atoms with Crippen molar-refractivity contribution in [1.82, 2.24) is 14.9 Å². The summed E-state index contributed by atoms with van der Waals surface area (Å²) in [7, 11) is 0. The third-order valence-electron chi connectivity index (χ3n) is 4.73. The Morgan fingerprint density at radius 2 is 1.71 bits per heavy atom. The van der Waals surface area contributed by atoms with Gasteiger partial charge in [-0.3, -0.25) is 9.36 Å². The molecule has 0 saturated heterocycles. The molecule has 9 heteroatoms. The molecule has 9 nitrogen and oxygen atoms in total. The minimum absolute atomic E-state index is 0.210. The van der Waals surface area contributed by atoms with Crippen LogP contribution >= 0.6 is 0 Å². The van der Waals surface area contributed by atoms with E-state index in [0.717, 1.165) is 0 Å². The summed E-state index contributed by atoms with van der Waals surface area (Å²) in [4.78, 5) is 42.9. The minimum Gasteiger partial charge on any atom is -0.481 e. The number of ether oxygens (including phenoxy) is 3. The molecule has 3 rings (SSSR count). The van der Waals surface area contributed by atoms with Crippen LogP contribution in [0.2, 0.25) is 0 Å². The molecule has 1 aromatic heterocycles. The number of fused-ring (bicyclic) bond motifs is 1. The zero-order valence-corrected chi connectivity index (χ0v) is 20.8. The van der Waals surface area contributed by atoms with Gasteiger partial charge in [-0.15, -0.1) is 0 Å². The fourth-order valence-corrected chi connectivity index (χ4v) is 3.44. The number of carbonyl (C=O) groups is 2. The molecule has 0 radical (unpaired) electrons. The van der Waals surface area contributed by atoms with Crippen molar-refractivity contribution in [2.45, 2.75) is 59.3 Å². The molecule has 35 heavy (non-hydrogen) atoms. The SMILES string of the molecule is CC(C)OC(=O)COc1cccc2nc(C(C)NC(=O)OC(C)(C)C)n(-c3ccccc3)c(=O)c12. The van der Waals surface area contributed by atoms with E-state index in [-0.39, 0.29) is 23.8 Å². The van der Waals surface area contributed by atoms with Crippen LogP contribution in [0.1, 0.15) is 53.4 Å². The van der Waals surface area contributed by atoms with Gasteiger partial charge in [0.25, 0.3) is 5.56 Å². The van der Waals surface area contributed by atoms with Gasteiger partial charge in [0.15, 0.2) is 6.61 Å². The van der Waals surface area contributed by atoms with Crippen molar-refractivity contribution in [1.29, 1.82) is 0 Å². The van der Waals surface area contributed by atoms with E-state index in [9.17, 15) is 14.4 Å². The van der Waals surface area contributed by atoms with Gasteiger partial charge in [0.2, 0.25) is 0 Å². The number of amides is 1. The van der Waals surface area contributed by atoms with Gasteiger partial charge >= 0.3 is 12.1 Å². The number of hydrogen-bond donors (Lipinski definition) is 1. The molecular weight excluding hydrogens is 450 g/mol. The molecule has 0 bridgehead atoms. The van der Waals surface area contributed by atoms with Crippen LogP contribution in [0.25, 0.3) is 16.6 Å². The Kier molecular flexibility index (Phi) is 7.78. The van der Waals surface area contributed by atoms with Crippen LogP contribution in [0.3, 0.4) is 0 Å². The lowest BCUT2D eigenvalue weighted by Gasteiger charge is -2.23. The lowest BCUT2D eigenvalue weighted by Crippen LogP contribution is -2.37. The molecule has 1 N–H and O–H groups in total. The number of aromatic nitrogens is 2. The summed E-state index contributed by atoms with van der Waals surface area (Å²) in [5.74, 6) is -0.0132. The smallest absolute Gasteiger partial charge is 0.408 e. The van der Waals surface area contributed by atoms with Crippen molar-refractivity contribution in [3.8, 4) is 11.4 Å². The van der Waals surface area contributed by atoms with Gasteiger partial charge in [-0.05, 0) is 65.8 Å². The summed E-state index contributed by atoms with van der Waals surface area (Å²) in [6, 6.07) is 13.3. The molecule has 1 atom stereocenters. The summed E-state index contributed by atoms with van der Waals surface area (Å²) in [5.41, 5.74) is -0.150. The highest BCUT2D eigenvalue weighted by atomic mass is 16.6. The third-order valence-corrected chi connectivity index (χ3v) is 4.73. The van der Waals surface area contributed by atoms with Crippen LogP contribution in [0, 0.1) is 0 Å². The lowest BCUT2D eigenvalue weighted by atomic mass is 10.2. The fraction of sp³-hybridized carbons (Fsp3) is 0.385. The highest BCUT2D eigenvalue weighted by molar-refractivity contribution is 5.85. The van der Waals surface area contributed by atoms with Crippen molar-refractivity contribution in [2.75, 3.05) is 6.61 Å². The van der Waals surface area contributed by atoms with Crippen molar-refractivity contribution >= 4 is 23.0 Å². The molecule has 0 fully saturated rings. The number of nitrogens with zero attached hydrogens (tertiary/aromatic N) is 2. The first kappa shape index (κ1) is 25.7. The number of benzene rings is 2. The molecule has 1 amide bonds. The van der Waals surface area contributed by atoms with E-state index < -0.39 is 29.3 Å². The lowest BCUT2D eigenvalue weighted by molar-refractivity contribution is -0.149. The van der Waals surface area contributed by atoms with E-state index in [4.69, 9.17) is 19.2 Å². The number of rotatable bonds is 7. The van der Waals surface area contributed by atoms with Crippen LogP contribution < -0.4 is 15.6 Å². The summed E-state index contributed by atoms with van der Waals surface area (Å²) < 4.78 is 17.6. The van der Waals surface area contributed by atoms with Crippen molar-refractivity contribution in [3.63, 3.8) is 0 Å². The van der Waals surface area contributed by atoms with Crippen LogP contribution in [0.15, 0.2) is 53.3 Å². The average Bonchev–Trinajstić information content (AvgIpc) is 2.76. The zero-order chi connectivity index (χ0) is 25.8. The van der Waals surface area contributed by atoms with E-state index in [1.54, 1.807) is 84.0 Å². The standard InChI is InChI=1S/C26H31N3O6/c1-16(2)34-21(30)15-33-20-14-10-13-19-22(20)24(31)29(18-11-8-7-9-12-18)23(28-19)17(3)27-25(32)35-26(4,5)6/h7-14,16-17H,15H2,1-6H3,(H,27,32). The van der Waals surface area contributed by atoms with Gasteiger partial charge in [-0.1, -0.05) is 24.3 Å². The Bertz CT molecular complexity index is 1260. The van der Waals surface area contributed by atoms with Crippen LogP contribution in [-0.2, 0) is 14.3 Å². The monoisotopic (exact) mass is 481 g/mol. The average molecular weight is 482 g/mol. The zero-order valence-electron chi connectivity index (χ0n) is 20.8. The number of hydrogen-bond acceptors (Lipinski definition) is 7. The van der Waals surface area contributed by atoms with Gasteiger partial charge in [0.1, 0.15) is 22.6 Å². The molecule has 0 aliphatic heterocycles. The van der Waals surface area contributed by atoms with E-state index in [1.165, 1.54) is 4.57 Å². The topological polar surface area (TPSA) is 109 Å². The summed E-state index contributed by atoms with van der Waals surface area (Å²) >= 11 is 0. The Morgan fingerprint density at radius 1 is 1.03 bits per heavy atom. The first-order valence-corrected chi connectivity index (χ1v) is 11.4. The highest BCUT2D eigenvalue weighted by Gasteiger charge is 2.24. The first-order chi connectivity index (χ1) is 16.5. The van der Waals surface area contributed by atoms with Crippen molar-refractivity contribution in [2.24, 2.45) is 0 Å². The fourth-order valence-electron chi connectivity index (χ4n) is 3.44. The first-order valence-electron chi connectivity index (χ1n) is 11.4. The minimum atomic E-state index is -0.678. The highest BCUT2D eigenvalue weighted by Crippen LogP contribution is 2.25. The second kappa shape index (κ2) is 10.6. The maximum Gasteiger partial charge on any atom is 0.408 e. The van der Waals surface area contributed by atoms with E-state index in [2.05, 4.69) is 5.32 Å². The number of carbonyl (C=O) groups excluding carboxylic acids is 2. The molecule has 0 aliphatic carbocycles. The molecule has 3 aromatic rings. The van der Waals surface area contributed by atoms with E-state index in [0.29, 0.717) is 17.0 Å². The molecule has 1 heterocycles. The maximum absolute atomic E-state index is 13.8. The summed E-state index contributed by atoms with van der Waals surface area (Å²) in [5, 5.41) is 2.96. The van der Waals surface area contributed by atoms with Crippen molar-refractivity contribution < 1.29 is 23.8 Å². The predicted molar refractivity (Wildman–Crippen MR) is 132 cm³/mol. The van der Waals surface area contributed by atoms with E-state index in [1.807, 2.05) is 6.07 Å². The van der Waals surface area contributed by atoms with Crippen LogP contribution in [-0.4, -0.2) is 39.9 Å². The van der Waals surface area contributed by atoms with Crippen molar-refractivity contribution in [3.05, 3.63) is 64.7 Å². The molecule has 2 aromatic carbocycles. The summed E-state index contributed by atoms with van der Waals surface area (Å²) in [6.45, 7) is 10.2. The third kappa shape index (κ3) is 6.59. The summed E-state index contributed by atoms with van der Waals surface area (Å²) in [6.07, 6.45) is -0.906. The normalized spacial score (nSPS) is 12.3. The van der Waals surface area contributed by atoms with Gasteiger partial charge in [-0.25, -0.2) is 14.6 Å². The number of nitrogens with one attached hydrogen (secondary N) is 1. The number of para-hydroxylation sites is 1. The van der Waals surface area contributed by atoms with Gasteiger partial charge in [0, 0.05) is 0 Å². The molecule has 0 aliphatic rings. The van der Waals surface area contributed by atoms with E-state index >= 15 is 0 Å². The molecule has 1 unspecified atom stereocenters. The Balaban J connectivity index is 2.09. The van der Waals surface area contributed by atoms with Crippen LogP contribution in [0.5, 0.6) is 5.75 Å². The maximum atomic E-state index is 13.8. The Morgan fingerprint density at radius 3 is 2.34 bits per heavy atom. The molecule has 0 spiro atoms. The molecule has 186 valence electrons. The quantitative estimate of drug-likeness (QED) is 0.501. The number of esters is 1. The second-order valence-electron chi connectivity index (χ2n) is 9.29. The van der Waals surface area contributed by atoms with Gasteiger partial charge < -0.3 is 19.5 Å². The van der Waals surface area contributed by atoms with Gasteiger partial charge in [-0.2, -0.15) is 0 Å². The van der Waals surface area contributed by atoms with Gasteiger partial charge in [0.05, 0.1) is 23.3 Å². The number of alkyl carbamates (subject to hydrolysis) is 1. The van der Waals surface area contributed by atoms with Crippen LogP contribution in [0.4, 0.5) is 4.79 Å². The predicted octanol–water partition coefficient (Wildman–Crippen LogP) is 4.30. The molecular formula is C26H31N3O6.